The Bertz CT molecular complexity index is 3220. The van der Waals surface area contributed by atoms with E-state index in [1.165, 1.54) is 76.9 Å². The van der Waals surface area contributed by atoms with Gasteiger partial charge in [-0.2, -0.15) is 0 Å². The van der Waals surface area contributed by atoms with Gasteiger partial charge in [0.05, 0.1) is 27.9 Å². The van der Waals surface area contributed by atoms with E-state index < -0.39 is 0 Å². The fourth-order valence-electron chi connectivity index (χ4n) is 9.55. The van der Waals surface area contributed by atoms with E-state index in [-0.39, 0.29) is 5.41 Å². The van der Waals surface area contributed by atoms with Crippen LogP contribution < -0.4 is 0 Å². The minimum Gasteiger partial charge on any atom is -0.309 e. The van der Waals surface area contributed by atoms with Crippen LogP contribution in [0.2, 0.25) is 0 Å². The summed E-state index contributed by atoms with van der Waals surface area (Å²) in [5.41, 5.74) is 15.6. The Morgan fingerprint density at radius 3 is 2.08 bits per heavy atom. The van der Waals surface area contributed by atoms with Crippen molar-refractivity contribution in [3.05, 3.63) is 163 Å². The first-order valence-electron chi connectivity index (χ1n) is 18.1. The van der Waals surface area contributed by atoms with Crippen molar-refractivity contribution in [1.29, 1.82) is 0 Å². The Balaban J connectivity index is 1.12. The molecule has 0 N–H and O–H groups in total. The van der Waals surface area contributed by atoms with E-state index in [0.29, 0.717) is 0 Å². The molecule has 242 valence electrons. The molecular formula is C49H31N3. The first kappa shape index (κ1) is 28.2. The van der Waals surface area contributed by atoms with E-state index in [0.717, 1.165) is 39.1 Å². The average Bonchev–Trinajstić information content (AvgIpc) is 3.77. The van der Waals surface area contributed by atoms with Crippen molar-refractivity contribution in [3.63, 3.8) is 0 Å². The number of para-hydroxylation sites is 1. The van der Waals surface area contributed by atoms with Crippen molar-refractivity contribution in [2.24, 2.45) is 0 Å². The molecule has 0 saturated carbocycles. The van der Waals surface area contributed by atoms with Gasteiger partial charge in [-0.05, 0) is 85.9 Å². The fourth-order valence-corrected chi connectivity index (χ4v) is 9.55. The van der Waals surface area contributed by atoms with Crippen LogP contribution in [0.15, 0.2) is 152 Å². The monoisotopic (exact) mass is 661 g/mol. The van der Waals surface area contributed by atoms with Crippen LogP contribution in [-0.4, -0.2) is 14.5 Å². The van der Waals surface area contributed by atoms with Gasteiger partial charge >= 0.3 is 0 Å². The second-order valence-electron chi connectivity index (χ2n) is 14.9. The van der Waals surface area contributed by atoms with E-state index in [1.54, 1.807) is 0 Å². The van der Waals surface area contributed by atoms with Crippen molar-refractivity contribution in [2.75, 3.05) is 0 Å². The molecule has 0 bridgehead atoms. The Hall–Kier alpha value is -6.58. The number of hydrogen-bond acceptors (Lipinski definition) is 2. The molecule has 3 nitrogen and oxygen atoms in total. The van der Waals surface area contributed by atoms with Crippen LogP contribution in [0.25, 0.3) is 105 Å². The van der Waals surface area contributed by atoms with E-state index >= 15 is 0 Å². The molecule has 0 saturated heterocycles. The molecule has 2 aliphatic carbocycles. The third kappa shape index (κ3) is 3.50. The van der Waals surface area contributed by atoms with Gasteiger partial charge in [-0.3, -0.25) is 0 Å². The van der Waals surface area contributed by atoms with Crippen molar-refractivity contribution in [1.82, 2.24) is 14.5 Å². The highest BCUT2D eigenvalue weighted by Crippen LogP contribution is 2.53. The minimum atomic E-state index is -0.136. The summed E-state index contributed by atoms with van der Waals surface area (Å²) in [7, 11) is 0. The summed E-state index contributed by atoms with van der Waals surface area (Å²) in [5, 5.41) is 8.60. The van der Waals surface area contributed by atoms with Crippen LogP contribution in [0.1, 0.15) is 25.0 Å². The normalized spacial score (nSPS) is 13.7. The molecule has 0 radical (unpaired) electrons. The van der Waals surface area contributed by atoms with Crippen LogP contribution in [0.3, 0.4) is 0 Å². The largest absolute Gasteiger partial charge is 0.309 e. The van der Waals surface area contributed by atoms with Gasteiger partial charge in [0.1, 0.15) is 0 Å². The Morgan fingerprint density at radius 1 is 0.462 bits per heavy atom. The predicted octanol–water partition coefficient (Wildman–Crippen LogP) is 12.7. The third-order valence-electron chi connectivity index (χ3n) is 11.9. The molecule has 0 unspecified atom stereocenters. The smallest absolute Gasteiger partial charge is 0.161 e. The highest BCUT2D eigenvalue weighted by Gasteiger charge is 2.37. The van der Waals surface area contributed by atoms with Gasteiger partial charge in [-0.1, -0.05) is 129 Å². The molecule has 12 rings (SSSR count). The molecule has 0 amide bonds. The summed E-state index contributed by atoms with van der Waals surface area (Å²) < 4.78 is 2.48. The Morgan fingerprint density at radius 2 is 1.19 bits per heavy atom. The molecule has 10 aromatic rings. The lowest BCUT2D eigenvalue weighted by molar-refractivity contribution is 0.661. The van der Waals surface area contributed by atoms with E-state index in [2.05, 4.69) is 170 Å². The predicted molar refractivity (Wildman–Crippen MR) is 216 cm³/mol. The molecule has 0 atom stereocenters. The summed E-state index contributed by atoms with van der Waals surface area (Å²) in [6.45, 7) is 4.76. The van der Waals surface area contributed by atoms with Gasteiger partial charge in [0.25, 0.3) is 0 Å². The maximum absolute atomic E-state index is 5.30. The summed E-state index contributed by atoms with van der Waals surface area (Å²) in [6, 6.07) is 55.5. The number of benzene rings is 8. The lowest BCUT2D eigenvalue weighted by Gasteiger charge is -2.22. The zero-order chi connectivity index (χ0) is 34.3. The molecule has 0 fully saturated rings. The number of aromatic nitrogens is 3. The van der Waals surface area contributed by atoms with Crippen LogP contribution >= 0.6 is 0 Å². The number of fused-ring (bicyclic) bond motifs is 12. The molecule has 0 aliphatic heterocycles. The molecule has 8 aromatic carbocycles. The zero-order valence-corrected chi connectivity index (χ0v) is 28.8. The van der Waals surface area contributed by atoms with Gasteiger partial charge in [-0.25, -0.2) is 9.97 Å². The number of hydrogen-bond donors (Lipinski definition) is 0. The lowest BCUT2D eigenvalue weighted by Crippen LogP contribution is -2.15. The number of nitrogens with zero attached hydrogens (tertiary/aromatic N) is 3. The van der Waals surface area contributed by atoms with Crippen LogP contribution in [-0.2, 0) is 5.41 Å². The molecular weight excluding hydrogens is 631 g/mol. The summed E-state index contributed by atoms with van der Waals surface area (Å²) in [6.07, 6.45) is 0. The SMILES string of the molecule is CC1(C)c2cc3c(cc2-c2c1ccc1ccccc21)c1ccccc1n3-c1ccc(-c2nc3c4c(cccc4n2)-c2ccccc2-3)c2ccccc12. The summed E-state index contributed by atoms with van der Waals surface area (Å²) in [5.74, 6) is 0.755. The Labute approximate surface area is 300 Å². The fraction of sp³-hybridized carbons (Fsp3) is 0.0612. The van der Waals surface area contributed by atoms with Crippen LogP contribution in [0.4, 0.5) is 0 Å². The number of rotatable bonds is 2. The average molecular weight is 662 g/mol. The lowest BCUT2D eigenvalue weighted by atomic mass is 9.82. The van der Waals surface area contributed by atoms with Gasteiger partial charge < -0.3 is 4.57 Å². The summed E-state index contributed by atoms with van der Waals surface area (Å²) in [4.78, 5) is 10.5. The van der Waals surface area contributed by atoms with Gasteiger partial charge in [0.15, 0.2) is 5.82 Å². The molecule has 2 aliphatic rings. The van der Waals surface area contributed by atoms with E-state index in [9.17, 15) is 0 Å². The highest BCUT2D eigenvalue weighted by molar-refractivity contribution is 6.16. The first-order chi connectivity index (χ1) is 25.6. The molecule has 3 heteroatoms. The van der Waals surface area contributed by atoms with Gasteiger partial charge in [0, 0.05) is 38.1 Å². The van der Waals surface area contributed by atoms with Crippen molar-refractivity contribution in [3.8, 4) is 50.6 Å². The van der Waals surface area contributed by atoms with Gasteiger partial charge in [-0.15, -0.1) is 0 Å². The van der Waals surface area contributed by atoms with Crippen LogP contribution in [0.5, 0.6) is 0 Å². The third-order valence-corrected chi connectivity index (χ3v) is 11.9. The maximum atomic E-state index is 5.30. The molecule has 2 aromatic heterocycles. The quantitative estimate of drug-likeness (QED) is 0.185. The molecule has 2 heterocycles. The maximum Gasteiger partial charge on any atom is 0.161 e. The Kier molecular flexibility index (Phi) is 5.31. The second kappa shape index (κ2) is 9.80. The zero-order valence-electron chi connectivity index (χ0n) is 28.8. The second-order valence-corrected chi connectivity index (χ2v) is 14.9. The molecule has 0 spiro atoms. The highest BCUT2D eigenvalue weighted by atomic mass is 15.0. The molecule has 52 heavy (non-hydrogen) atoms. The van der Waals surface area contributed by atoms with E-state index in [1.807, 2.05) is 0 Å². The van der Waals surface area contributed by atoms with Crippen LogP contribution in [0, 0.1) is 0 Å². The van der Waals surface area contributed by atoms with E-state index in [4.69, 9.17) is 9.97 Å². The summed E-state index contributed by atoms with van der Waals surface area (Å²) >= 11 is 0. The first-order valence-corrected chi connectivity index (χ1v) is 18.1. The van der Waals surface area contributed by atoms with Crippen molar-refractivity contribution in [2.45, 2.75) is 19.3 Å². The van der Waals surface area contributed by atoms with Gasteiger partial charge in [0.2, 0.25) is 0 Å². The minimum absolute atomic E-state index is 0.136. The van der Waals surface area contributed by atoms with Crippen molar-refractivity contribution >= 4 is 54.3 Å². The van der Waals surface area contributed by atoms with Crippen molar-refractivity contribution < 1.29 is 0 Å². The standard InChI is InChI=1S/C49H31N3/c1-49(2)39-24-22-28-12-3-4-13-29(28)45(39)38-26-37-33-17-9-10-21-42(33)52(44(37)27-40(38)49)43-25-23-36(30-14-5-7-16-32(30)43)48-50-41-20-11-19-34-31-15-6-8-18-35(31)47(51-48)46(34)41/h3-27H,1-2H3. The topological polar surface area (TPSA) is 30.7 Å².